The van der Waals surface area contributed by atoms with Crippen molar-refractivity contribution in [2.75, 3.05) is 0 Å². The Morgan fingerprint density at radius 3 is 2.58 bits per heavy atom. The van der Waals surface area contributed by atoms with Gasteiger partial charge in [0.25, 0.3) is 0 Å². The summed E-state index contributed by atoms with van der Waals surface area (Å²) in [7, 11) is 0. The molecule has 1 aromatic carbocycles. The first-order valence-corrected chi connectivity index (χ1v) is 4.09. The van der Waals surface area contributed by atoms with Gasteiger partial charge in [-0.15, -0.1) is 0 Å². The van der Waals surface area contributed by atoms with Crippen LogP contribution in [-0.2, 0) is 6.42 Å². The van der Waals surface area contributed by atoms with Gasteiger partial charge in [-0.05, 0) is 30.5 Å². The van der Waals surface area contributed by atoms with E-state index in [-0.39, 0.29) is 5.84 Å². The molecule has 1 rings (SSSR count). The Kier molecular flexibility index (Phi) is 2.48. The molecule has 0 amide bonds. The van der Waals surface area contributed by atoms with E-state index in [0.717, 1.165) is 12.0 Å². The van der Waals surface area contributed by atoms with Crippen LogP contribution in [0, 0.1) is 12.3 Å². The zero-order valence-electron chi connectivity index (χ0n) is 7.52. The lowest BCUT2D eigenvalue weighted by atomic mass is 10.0. The van der Waals surface area contributed by atoms with Crippen LogP contribution in [0.5, 0.6) is 0 Å². The highest BCUT2D eigenvalue weighted by Crippen LogP contribution is 2.10. The van der Waals surface area contributed by atoms with Gasteiger partial charge >= 0.3 is 0 Å². The summed E-state index contributed by atoms with van der Waals surface area (Å²) in [5.41, 5.74) is 8.70. The monoisotopic (exact) mass is 162 g/mol. The Balaban J connectivity index is 3.10. The molecular weight excluding hydrogens is 148 g/mol. The summed E-state index contributed by atoms with van der Waals surface area (Å²) in [6.07, 6.45) is 1.03. The van der Waals surface area contributed by atoms with E-state index in [1.165, 1.54) is 11.1 Å². The van der Waals surface area contributed by atoms with Crippen LogP contribution in [0.25, 0.3) is 0 Å². The van der Waals surface area contributed by atoms with E-state index in [9.17, 15) is 0 Å². The van der Waals surface area contributed by atoms with Crippen LogP contribution >= 0.6 is 0 Å². The number of hydrogen-bond acceptors (Lipinski definition) is 1. The predicted octanol–water partition coefficient (Wildman–Crippen LogP) is 1.84. The van der Waals surface area contributed by atoms with Crippen LogP contribution in [0.4, 0.5) is 0 Å². The van der Waals surface area contributed by atoms with Crippen LogP contribution in [0.15, 0.2) is 18.2 Å². The lowest BCUT2D eigenvalue weighted by molar-refractivity contribution is 1.11. The highest BCUT2D eigenvalue weighted by atomic mass is 14.7. The summed E-state index contributed by atoms with van der Waals surface area (Å²) in [6, 6.07) is 5.89. The first-order valence-electron chi connectivity index (χ1n) is 4.09. The van der Waals surface area contributed by atoms with Gasteiger partial charge in [0.2, 0.25) is 0 Å². The molecule has 0 aromatic heterocycles. The van der Waals surface area contributed by atoms with Gasteiger partial charge in [-0.3, -0.25) is 5.41 Å². The second kappa shape index (κ2) is 3.39. The SMILES string of the molecule is CCc1ccc(C(=N)N)cc1C. The molecule has 12 heavy (non-hydrogen) atoms. The number of benzene rings is 1. The van der Waals surface area contributed by atoms with Crippen LogP contribution in [0.1, 0.15) is 23.6 Å². The van der Waals surface area contributed by atoms with Gasteiger partial charge in [-0.25, -0.2) is 0 Å². The van der Waals surface area contributed by atoms with Crippen molar-refractivity contribution < 1.29 is 0 Å². The molecule has 0 atom stereocenters. The third-order valence-corrected chi connectivity index (χ3v) is 2.03. The molecule has 2 nitrogen and oxygen atoms in total. The topological polar surface area (TPSA) is 49.9 Å². The fraction of sp³-hybridized carbons (Fsp3) is 0.300. The molecule has 0 aliphatic rings. The number of nitrogen functional groups attached to an aromatic ring is 1. The number of nitrogens with two attached hydrogens (primary N) is 1. The van der Waals surface area contributed by atoms with Crippen LogP contribution < -0.4 is 5.73 Å². The van der Waals surface area contributed by atoms with Gasteiger partial charge < -0.3 is 5.73 Å². The molecule has 1 aromatic rings. The molecule has 0 bridgehead atoms. The lowest BCUT2D eigenvalue weighted by Gasteiger charge is -2.04. The van der Waals surface area contributed by atoms with Gasteiger partial charge in [0.15, 0.2) is 0 Å². The maximum atomic E-state index is 7.24. The van der Waals surface area contributed by atoms with Gasteiger partial charge in [0, 0.05) is 5.56 Å². The molecule has 2 heteroatoms. The summed E-state index contributed by atoms with van der Waals surface area (Å²) < 4.78 is 0. The van der Waals surface area contributed by atoms with Crippen molar-refractivity contribution in [2.24, 2.45) is 5.73 Å². The largest absolute Gasteiger partial charge is 0.384 e. The van der Waals surface area contributed by atoms with E-state index in [1.807, 2.05) is 25.1 Å². The Bertz CT molecular complexity index is 303. The number of rotatable bonds is 2. The van der Waals surface area contributed by atoms with Gasteiger partial charge in [-0.1, -0.05) is 19.1 Å². The standard InChI is InChI=1S/C10H14N2/c1-3-8-4-5-9(10(11)12)6-7(8)2/h4-6H,3H2,1-2H3,(H3,11,12). The highest BCUT2D eigenvalue weighted by Gasteiger charge is 1.99. The van der Waals surface area contributed by atoms with Crippen molar-refractivity contribution in [3.8, 4) is 0 Å². The number of nitrogens with one attached hydrogen (secondary N) is 1. The first-order chi connectivity index (χ1) is 5.65. The molecule has 0 fully saturated rings. The second-order valence-electron chi connectivity index (χ2n) is 2.91. The minimum atomic E-state index is 0.140. The second-order valence-corrected chi connectivity index (χ2v) is 2.91. The van der Waals surface area contributed by atoms with Crippen LogP contribution in [0.3, 0.4) is 0 Å². The highest BCUT2D eigenvalue weighted by molar-refractivity contribution is 5.95. The zero-order valence-corrected chi connectivity index (χ0v) is 7.52. The summed E-state index contributed by atoms with van der Waals surface area (Å²) in [5.74, 6) is 0.140. The quantitative estimate of drug-likeness (QED) is 0.506. The lowest BCUT2D eigenvalue weighted by Crippen LogP contribution is -2.11. The van der Waals surface area contributed by atoms with E-state index in [2.05, 4.69) is 6.92 Å². The van der Waals surface area contributed by atoms with Crippen molar-refractivity contribution in [2.45, 2.75) is 20.3 Å². The molecule has 0 spiro atoms. The molecular formula is C10H14N2. The van der Waals surface area contributed by atoms with Crippen molar-refractivity contribution in [3.05, 3.63) is 34.9 Å². The van der Waals surface area contributed by atoms with Gasteiger partial charge in [-0.2, -0.15) is 0 Å². The molecule has 0 saturated carbocycles. The molecule has 64 valence electrons. The number of hydrogen-bond donors (Lipinski definition) is 2. The minimum Gasteiger partial charge on any atom is -0.384 e. The van der Waals surface area contributed by atoms with E-state index >= 15 is 0 Å². The van der Waals surface area contributed by atoms with Crippen molar-refractivity contribution >= 4 is 5.84 Å². The summed E-state index contributed by atoms with van der Waals surface area (Å²) >= 11 is 0. The molecule has 0 aliphatic heterocycles. The van der Waals surface area contributed by atoms with Gasteiger partial charge in [0.1, 0.15) is 5.84 Å². The molecule has 0 aliphatic carbocycles. The molecule has 0 saturated heterocycles. The fourth-order valence-corrected chi connectivity index (χ4v) is 1.26. The average molecular weight is 162 g/mol. The van der Waals surface area contributed by atoms with Crippen LogP contribution in [-0.4, -0.2) is 5.84 Å². The van der Waals surface area contributed by atoms with Crippen molar-refractivity contribution in [1.29, 1.82) is 5.41 Å². The van der Waals surface area contributed by atoms with E-state index in [4.69, 9.17) is 11.1 Å². The van der Waals surface area contributed by atoms with E-state index < -0.39 is 0 Å². The summed E-state index contributed by atoms with van der Waals surface area (Å²) in [5, 5.41) is 7.24. The predicted molar refractivity (Wildman–Crippen MR) is 51.6 cm³/mol. The van der Waals surface area contributed by atoms with Crippen molar-refractivity contribution in [1.82, 2.24) is 0 Å². The Morgan fingerprint density at radius 1 is 1.50 bits per heavy atom. The molecule has 0 radical (unpaired) electrons. The van der Waals surface area contributed by atoms with Gasteiger partial charge in [0.05, 0.1) is 0 Å². The van der Waals surface area contributed by atoms with Crippen molar-refractivity contribution in [3.63, 3.8) is 0 Å². The third kappa shape index (κ3) is 1.64. The molecule has 0 heterocycles. The number of aryl methyl sites for hydroxylation is 2. The smallest absolute Gasteiger partial charge is 0.122 e. The average Bonchev–Trinajstić information content (AvgIpc) is 2.04. The Labute approximate surface area is 72.9 Å². The molecule has 3 N–H and O–H groups in total. The number of amidine groups is 1. The maximum absolute atomic E-state index is 7.24. The minimum absolute atomic E-state index is 0.140. The Morgan fingerprint density at radius 2 is 2.17 bits per heavy atom. The van der Waals surface area contributed by atoms with E-state index in [0.29, 0.717) is 0 Å². The maximum Gasteiger partial charge on any atom is 0.122 e. The summed E-state index contributed by atoms with van der Waals surface area (Å²) in [4.78, 5) is 0. The fourth-order valence-electron chi connectivity index (χ4n) is 1.26. The van der Waals surface area contributed by atoms with E-state index in [1.54, 1.807) is 0 Å². The van der Waals surface area contributed by atoms with Crippen LogP contribution in [0.2, 0.25) is 0 Å². The zero-order chi connectivity index (χ0) is 9.14. The molecule has 0 unspecified atom stereocenters. The first kappa shape index (κ1) is 8.78. The third-order valence-electron chi connectivity index (χ3n) is 2.03. The summed E-state index contributed by atoms with van der Waals surface area (Å²) in [6.45, 7) is 4.17. The normalized spacial score (nSPS) is 9.83. The Hall–Kier alpha value is -1.31.